The molecule has 8 nitrogen and oxygen atoms in total. The normalized spacial score (nSPS) is 11.5. The second-order valence-electron chi connectivity index (χ2n) is 7.59. The van der Waals surface area contributed by atoms with Crippen molar-refractivity contribution in [2.24, 2.45) is 0 Å². The highest BCUT2D eigenvalue weighted by Crippen LogP contribution is 2.33. The molecular weight excluding hydrogens is 509 g/mol. The van der Waals surface area contributed by atoms with E-state index in [1.807, 2.05) is 32.0 Å². The lowest BCUT2D eigenvalue weighted by Crippen LogP contribution is -2.13. The van der Waals surface area contributed by atoms with Crippen LogP contribution in [0.5, 0.6) is 17.2 Å². The van der Waals surface area contributed by atoms with Gasteiger partial charge in [0.25, 0.3) is 5.91 Å². The molecule has 0 spiro atoms. The number of anilines is 1. The van der Waals surface area contributed by atoms with E-state index in [2.05, 4.69) is 15.5 Å². The average Bonchev–Trinajstić information content (AvgIpc) is 3.32. The summed E-state index contributed by atoms with van der Waals surface area (Å²) < 4.78 is 55.4. The van der Waals surface area contributed by atoms with E-state index < -0.39 is 17.1 Å². The van der Waals surface area contributed by atoms with E-state index in [1.165, 1.54) is 6.08 Å². The standard InChI is InChI=1S/C25H23F3N4O4S/c1-4-34-20-13-17(8-9-19(20)35-10-11-36-21-15(2)6-5-7-16(21)3)12-18(14-29)22(33)30-24-32-31-23(37-24)25(26,27)28/h5-9,12-13H,4,10-11H2,1-3H3,(H,30,32,33)/b18-12-. The Morgan fingerprint density at radius 1 is 1.08 bits per heavy atom. The van der Waals surface area contributed by atoms with Gasteiger partial charge in [0.05, 0.1) is 6.61 Å². The number of amides is 1. The Hall–Kier alpha value is -4.11. The van der Waals surface area contributed by atoms with Crippen molar-refractivity contribution in [1.82, 2.24) is 10.2 Å². The van der Waals surface area contributed by atoms with Gasteiger partial charge < -0.3 is 14.2 Å². The van der Waals surface area contributed by atoms with Crippen LogP contribution in [0.1, 0.15) is 28.6 Å². The van der Waals surface area contributed by atoms with Gasteiger partial charge in [0.1, 0.15) is 30.6 Å². The topological polar surface area (TPSA) is 106 Å². The zero-order valence-electron chi connectivity index (χ0n) is 20.2. The highest BCUT2D eigenvalue weighted by molar-refractivity contribution is 7.15. The maximum absolute atomic E-state index is 12.7. The van der Waals surface area contributed by atoms with Crippen molar-refractivity contribution in [3.8, 4) is 23.3 Å². The molecule has 0 atom stereocenters. The number of benzene rings is 2. The molecule has 0 aliphatic carbocycles. The van der Waals surface area contributed by atoms with E-state index in [4.69, 9.17) is 14.2 Å². The summed E-state index contributed by atoms with van der Waals surface area (Å²) >= 11 is 0.160. The monoisotopic (exact) mass is 532 g/mol. The van der Waals surface area contributed by atoms with Crippen LogP contribution in [0, 0.1) is 25.2 Å². The van der Waals surface area contributed by atoms with Crippen LogP contribution in [-0.4, -0.2) is 35.9 Å². The van der Waals surface area contributed by atoms with Crippen molar-refractivity contribution in [3.05, 3.63) is 63.7 Å². The summed E-state index contributed by atoms with van der Waals surface area (Å²) in [6.07, 6.45) is -3.41. The van der Waals surface area contributed by atoms with Crippen LogP contribution in [0.15, 0.2) is 42.0 Å². The van der Waals surface area contributed by atoms with Gasteiger partial charge in [-0.1, -0.05) is 35.6 Å². The van der Waals surface area contributed by atoms with Gasteiger partial charge in [0.15, 0.2) is 11.5 Å². The third kappa shape index (κ3) is 7.44. The van der Waals surface area contributed by atoms with Crippen molar-refractivity contribution in [3.63, 3.8) is 0 Å². The van der Waals surface area contributed by atoms with Crippen LogP contribution in [0.2, 0.25) is 0 Å². The number of alkyl halides is 3. The van der Waals surface area contributed by atoms with Crippen LogP contribution >= 0.6 is 11.3 Å². The van der Waals surface area contributed by atoms with Gasteiger partial charge in [-0.2, -0.15) is 18.4 Å². The minimum absolute atomic E-state index is 0.160. The van der Waals surface area contributed by atoms with Crippen LogP contribution < -0.4 is 19.5 Å². The predicted molar refractivity (Wildman–Crippen MR) is 132 cm³/mol. The molecule has 37 heavy (non-hydrogen) atoms. The van der Waals surface area contributed by atoms with Crippen LogP contribution in [-0.2, 0) is 11.0 Å². The van der Waals surface area contributed by atoms with Gasteiger partial charge in [0.2, 0.25) is 10.1 Å². The molecule has 0 radical (unpaired) electrons. The molecule has 0 saturated carbocycles. The van der Waals surface area contributed by atoms with Crippen LogP contribution in [0.25, 0.3) is 6.08 Å². The van der Waals surface area contributed by atoms with Gasteiger partial charge in [0, 0.05) is 0 Å². The summed E-state index contributed by atoms with van der Waals surface area (Å²) in [5, 5.41) is 16.3. The third-order valence-electron chi connectivity index (χ3n) is 4.83. The number of carbonyl (C=O) groups excluding carboxylic acids is 1. The summed E-state index contributed by atoms with van der Waals surface area (Å²) in [6, 6.07) is 12.4. The number of nitrogens with one attached hydrogen (secondary N) is 1. The first-order valence-electron chi connectivity index (χ1n) is 11.0. The largest absolute Gasteiger partial charge is 0.490 e. The Morgan fingerprint density at radius 3 is 2.41 bits per heavy atom. The van der Waals surface area contributed by atoms with E-state index in [0.29, 0.717) is 30.3 Å². The quantitative estimate of drug-likeness (QED) is 0.207. The SMILES string of the molecule is CCOc1cc(/C=C(/C#N)C(=O)Nc2nnc(C(F)(F)F)s2)ccc1OCCOc1c(C)cccc1C. The van der Waals surface area contributed by atoms with Gasteiger partial charge in [-0.3, -0.25) is 10.1 Å². The Kier molecular flexibility index (Phi) is 9.08. The second kappa shape index (κ2) is 12.2. The first-order valence-corrected chi connectivity index (χ1v) is 11.9. The number of para-hydroxylation sites is 1. The van der Waals surface area contributed by atoms with Gasteiger partial charge in [-0.25, -0.2) is 0 Å². The molecule has 2 aromatic carbocycles. The van der Waals surface area contributed by atoms with E-state index in [0.717, 1.165) is 16.9 Å². The summed E-state index contributed by atoms with van der Waals surface area (Å²) in [6.45, 7) is 6.61. The molecule has 0 unspecified atom stereocenters. The van der Waals surface area contributed by atoms with E-state index in [1.54, 1.807) is 31.2 Å². The highest BCUT2D eigenvalue weighted by atomic mass is 32.1. The summed E-state index contributed by atoms with van der Waals surface area (Å²) in [5.41, 5.74) is 2.15. The number of rotatable bonds is 10. The molecule has 3 rings (SSSR count). The molecule has 0 saturated heterocycles. The molecule has 0 bridgehead atoms. The average molecular weight is 533 g/mol. The first-order chi connectivity index (χ1) is 17.6. The molecular formula is C25H23F3N4O4S. The molecule has 12 heteroatoms. The highest BCUT2D eigenvalue weighted by Gasteiger charge is 2.35. The summed E-state index contributed by atoms with van der Waals surface area (Å²) in [5.74, 6) is 0.719. The molecule has 1 N–H and O–H groups in total. The molecule has 0 aliphatic rings. The molecule has 0 aliphatic heterocycles. The number of carbonyl (C=O) groups is 1. The van der Waals surface area contributed by atoms with Crippen LogP contribution in [0.3, 0.4) is 0 Å². The molecule has 1 amide bonds. The number of aryl methyl sites for hydroxylation is 2. The van der Waals surface area contributed by atoms with Gasteiger partial charge in [-0.15, -0.1) is 10.2 Å². The Bertz CT molecular complexity index is 1310. The summed E-state index contributed by atoms with van der Waals surface area (Å²) in [7, 11) is 0. The lowest BCUT2D eigenvalue weighted by atomic mass is 10.1. The van der Waals surface area contributed by atoms with Crippen molar-refractivity contribution in [2.75, 3.05) is 25.1 Å². The van der Waals surface area contributed by atoms with Gasteiger partial charge in [-0.05, 0) is 55.7 Å². The number of nitrogens with zero attached hydrogens (tertiary/aromatic N) is 3. The molecule has 194 valence electrons. The molecule has 3 aromatic rings. The number of hydrogen-bond donors (Lipinski definition) is 1. The maximum atomic E-state index is 12.7. The molecule has 1 heterocycles. The summed E-state index contributed by atoms with van der Waals surface area (Å²) in [4.78, 5) is 12.4. The lowest BCUT2D eigenvalue weighted by Gasteiger charge is -2.15. The van der Waals surface area contributed by atoms with E-state index >= 15 is 0 Å². The minimum atomic E-state index is -4.68. The Morgan fingerprint density at radius 2 is 1.78 bits per heavy atom. The number of aromatic nitrogens is 2. The van der Waals surface area contributed by atoms with Crippen molar-refractivity contribution in [1.29, 1.82) is 5.26 Å². The fraction of sp³-hybridized carbons (Fsp3) is 0.280. The number of nitriles is 1. The second-order valence-corrected chi connectivity index (χ2v) is 8.57. The zero-order chi connectivity index (χ0) is 27.0. The predicted octanol–water partition coefficient (Wildman–Crippen LogP) is 5.58. The smallest absolute Gasteiger partial charge is 0.445 e. The lowest BCUT2D eigenvalue weighted by molar-refractivity contribution is -0.138. The van der Waals surface area contributed by atoms with Gasteiger partial charge >= 0.3 is 6.18 Å². The number of halogens is 3. The van der Waals surface area contributed by atoms with Crippen molar-refractivity contribution in [2.45, 2.75) is 26.9 Å². The van der Waals surface area contributed by atoms with E-state index in [-0.39, 0.29) is 28.6 Å². The number of ether oxygens (including phenoxy) is 3. The van der Waals surface area contributed by atoms with Crippen molar-refractivity contribution < 1.29 is 32.2 Å². The fourth-order valence-corrected chi connectivity index (χ4v) is 3.80. The molecule has 0 fully saturated rings. The third-order valence-corrected chi connectivity index (χ3v) is 5.71. The Labute approximate surface area is 215 Å². The number of hydrogen-bond acceptors (Lipinski definition) is 8. The zero-order valence-corrected chi connectivity index (χ0v) is 21.0. The van der Waals surface area contributed by atoms with E-state index in [9.17, 15) is 23.2 Å². The first kappa shape index (κ1) is 27.5. The van der Waals surface area contributed by atoms with Crippen molar-refractivity contribution >= 4 is 28.5 Å². The minimum Gasteiger partial charge on any atom is -0.490 e. The fourth-order valence-electron chi connectivity index (χ4n) is 3.19. The Balaban J connectivity index is 1.68. The molecule has 1 aromatic heterocycles. The maximum Gasteiger partial charge on any atom is 0.445 e. The van der Waals surface area contributed by atoms with Crippen LogP contribution in [0.4, 0.5) is 18.3 Å².